The van der Waals surface area contributed by atoms with Gasteiger partial charge in [-0.05, 0) is 35.9 Å². The first-order chi connectivity index (χ1) is 11.5. The first kappa shape index (κ1) is 20.8. The maximum absolute atomic E-state index is 13.8. The number of nitriles is 1. The minimum Gasteiger partial charge on any atom is -0.352 e. The van der Waals surface area contributed by atoms with E-state index in [2.05, 4.69) is 10.3 Å². The van der Waals surface area contributed by atoms with Gasteiger partial charge < -0.3 is 10.2 Å². The van der Waals surface area contributed by atoms with Gasteiger partial charge in [0.15, 0.2) is 5.96 Å². The van der Waals surface area contributed by atoms with Crippen LogP contribution in [0.2, 0.25) is 0 Å². The molecule has 132 valence electrons. The van der Waals surface area contributed by atoms with E-state index in [-0.39, 0.29) is 42.2 Å². The largest absolute Gasteiger partial charge is 0.352 e. The maximum atomic E-state index is 13.8. The fraction of sp³-hybridized carbons (Fsp3) is 0.222. The van der Waals surface area contributed by atoms with Crippen molar-refractivity contribution in [2.24, 2.45) is 4.99 Å². The van der Waals surface area contributed by atoms with E-state index in [1.807, 2.05) is 18.0 Å². The highest BCUT2D eigenvalue weighted by Gasteiger charge is 2.09. The van der Waals surface area contributed by atoms with Gasteiger partial charge in [0.1, 0.15) is 11.6 Å². The smallest absolute Gasteiger partial charge is 0.193 e. The van der Waals surface area contributed by atoms with Gasteiger partial charge in [0.2, 0.25) is 0 Å². The Labute approximate surface area is 163 Å². The molecule has 4 nitrogen and oxygen atoms in total. The Bertz CT molecular complexity index is 770. The second-order valence-electron chi connectivity index (χ2n) is 5.30. The fourth-order valence-corrected chi connectivity index (χ4v) is 2.28. The molecule has 0 heterocycles. The molecular formula is C18H19F2IN4. The third kappa shape index (κ3) is 5.98. The number of aliphatic imine (C=N–C) groups is 1. The van der Waals surface area contributed by atoms with Crippen LogP contribution in [0.15, 0.2) is 47.5 Å². The molecule has 0 saturated carbocycles. The lowest BCUT2D eigenvalue weighted by Gasteiger charge is -2.22. The van der Waals surface area contributed by atoms with Gasteiger partial charge in [0.05, 0.1) is 11.6 Å². The number of nitrogens with one attached hydrogen (secondary N) is 1. The minimum atomic E-state index is -0.377. The van der Waals surface area contributed by atoms with Gasteiger partial charge in [0.25, 0.3) is 0 Å². The van der Waals surface area contributed by atoms with Crippen LogP contribution < -0.4 is 5.32 Å². The van der Waals surface area contributed by atoms with Gasteiger partial charge in [-0.3, -0.25) is 4.99 Å². The Morgan fingerprint density at radius 2 is 1.88 bits per heavy atom. The highest BCUT2D eigenvalue weighted by atomic mass is 127. The molecule has 2 aromatic carbocycles. The number of nitrogens with zero attached hydrogens (tertiary/aromatic N) is 3. The predicted octanol–water partition coefficient (Wildman–Crippen LogP) is 3.66. The summed E-state index contributed by atoms with van der Waals surface area (Å²) in [4.78, 5) is 6.01. The topological polar surface area (TPSA) is 51.4 Å². The molecule has 1 N–H and O–H groups in total. The van der Waals surface area contributed by atoms with E-state index >= 15 is 0 Å². The summed E-state index contributed by atoms with van der Waals surface area (Å²) in [6, 6.07) is 12.4. The molecule has 2 aromatic rings. The van der Waals surface area contributed by atoms with Crippen LogP contribution >= 0.6 is 24.0 Å². The summed E-state index contributed by atoms with van der Waals surface area (Å²) >= 11 is 0. The Hall–Kier alpha value is -2.21. The zero-order valence-corrected chi connectivity index (χ0v) is 16.3. The molecule has 0 aromatic heterocycles. The standard InChI is InChI=1S/C18H18F2N4.HI/c1-22-18(24(2)12-13-3-6-16(19)7-4-13)23-11-15-9-14(10-21)5-8-17(15)20;/h3-9H,11-12H2,1-2H3,(H,22,23);1H. The number of halogens is 3. The highest BCUT2D eigenvalue weighted by molar-refractivity contribution is 14.0. The fourth-order valence-electron chi connectivity index (χ4n) is 2.28. The molecule has 0 aliphatic rings. The molecule has 0 fully saturated rings. The molecule has 0 aliphatic heterocycles. The normalized spacial score (nSPS) is 10.6. The van der Waals surface area contributed by atoms with Crippen molar-refractivity contribution in [1.29, 1.82) is 5.26 Å². The Morgan fingerprint density at radius 3 is 2.48 bits per heavy atom. The third-order valence-electron chi connectivity index (χ3n) is 3.52. The predicted molar refractivity (Wildman–Crippen MR) is 105 cm³/mol. The summed E-state index contributed by atoms with van der Waals surface area (Å²) < 4.78 is 26.8. The molecule has 7 heteroatoms. The van der Waals surface area contributed by atoms with Crippen LogP contribution in [0.4, 0.5) is 8.78 Å². The lowest BCUT2D eigenvalue weighted by atomic mass is 10.1. The van der Waals surface area contributed by atoms with E-state index in [0.29, 0.717) is 23.6 Å². The van der Waals surface area contributed by atoms with E-state index in [0.717, 1.165) is 5.56 Å². The van der Waals surface area contributed by atoms with Gasteiger partial charge in [-0.15, -0.1) is 24.0 Å². The molecular weight excluding hydrogens is 437 g/mol. The van der Waals surface area contributed by atoms with E-state index in [1.165, 1.54) is 30.3 Å². The lowest BCUT2D eigenvalue weighted by molar-refractivity contribution is 0.474. The SMILES string of the molecule is CN=C(NCc1cc(C#N)ccc1F)N(C)Cc1ccc(F)cc1.I. The molecule has 0 spiro atoms. The number of hydrogen-bond acceptors (Lipinski definition) is 2. The first-order valence-corrected chi connectivity index (χ1v) is 7.38. The number of hydrogen-bond donors (Lipinski definition) is 1. The quantitative estimate of drug-likeness (QED) is 0.434. The molecule has 0 saturated heterocycles. The number of rotatable bonds is 4. The summed E-state index contributed by atoms with van der Waals surface area (Å²) in [6.07, 6.45) is 0. The van der Waals surface area contributed by atoms with Gasteiger partial charge in [-0.2, -0.15) is 5.26 Å². The second kappa shape index (κ2) is 9.93. The van der Waals surface area contributed by atoms with E-state index in [9.17, 15) is 8.78 Å². The zero-order chi connectivity index (χ0) is 17.5. The van der Waals surface area contributed by atoms with Crippen molar-refractivity contribution in [3.05, 3.63) is 70.8 Å². The lowest BCUT2D eigenvalue weighted by Crippen LogP contribution is -2.38. The third-order valence-corrected chi connectivity index (χ3v) is 3.52. The van der Waals surface area contributed by atoms with Crippen LogP contribution in [-0.2, 0) is 13.1 Å². The van der Waals surface area contributed by atoms with E-state index < -0.39 is 0 Å². The average Bonchev–Trinajstić information content (AvgIpc) is 2.59. The van der Waals surface area contributed by atoms with Crippen LogP contribution in [0, 0.1) is 23.0 Å². The Morgan fingerprint density at radius 1 is 1.20 bits per heavy atom. The van der Waals surface area contributed by atoms with E-state index in [1.54, 1.807) is 19.2 Å². The molecule has 25 heavy (non-hydrogen) atoms. The van der Waals surface area contributed by atoms with Gasteiger partial charge in [0, 0.05) is 32.7 Å². The van der Waals surface area contributed by atoms with Gasteiger partial charge >= 0.3 is 0 Å². The molecule has 0 aliphatic carbocycles. The maximum Gasteiger partial charge on any atom is 0.193 e. The zero-order valence-electron chi connectivity index (χ0n) is 14.0. The van der Waals surface area contributed by atoms with Crippen molar-refractivity contribution in [3.8, 4) is 6.07 Å². The second-order valence-corrected chi connectivity index (χ2v) is 5.30. The summed E-state index contributed by atoms with van der Waals surface area (Å²) in [5.41, 5.74) is 1.73. The van der Waals surface area contributed by atoms with Crippen molar-refractivity contribution in [3.63, 3.8) is 0 Å². The summed E-state index contributed by atoms with van der Waals surface area (Å²) in [5.74, 6) is -0.0870. The Balaban J connectivity index is 0.00000312. The van der Waals surface area contributed by atoms with Gasteiger partial charge in [-0.1, -0.05) is 12.1 Å². The highest BCUT2D eigenvalue weighted by Crippen LogP contribution is 2.10. The molecule has 0 atom stereocenters. The van der Waals surface area contributed by atoms with Crippen molar-refractivity contribution >= 4 is 29.9 Å². The van der Waals surface area contributed by atoms with Crippen LogP contribution in [0.5, 0.6) is 0 Å². The van der Waals surface area contributed by atoms with E-state index in [4.69, 9.17) is 5.26 Å². The summed E-state index contributed by atoms with van der Waals surface area (Å²) in [6.45, 7) is 0.739. The number of benzene rings is 2. The van der Waals surface area contributed by atoms with Gasteiger partial charge in [-0.25, -0.2) is 8.78 Å². The Kier molecular flexibility index (Phi) is 8.28. The van der Waals surface area contributed by atoms with Crippen molar-refractivity contribution in [1.82, 2.24) is 10.2 Å². The minimum absolute atomic E-state index is 0. The van der Waals surface area contributed by atoms with Crippen molar-refractivity contribution in [2.75, 3.05) is 14.1 Å². The molecule has 2 rings (SSSR count). The van der Waals surface area contributed by atoms with Crippen LogP contribution in [0.25, 0.3) is 0 Å². The monoisotopic (exact) mass is 456 g/mol. The van der Waals surface area contributed by atoms with Crippen LogP contribution in [0.3, 0.4) is 0 Å². The molecule has 0 radical (unpaired) electrons. The molecule has 0 bridgehead atoms. The average molecular weight is 456 g/mol. The van der Waals surface area contributed by atoms with Crippen molar-refractivity contribution < 1.29 is 8.78 Å². The summed E-state index contributed by atoms with van der Waals surface area (Å²) in [7, 11) is 3.46. The molecule has 0 amide bonds. The molecule has 0 unspecified atom stereocenters. The number of guanidine groups is 1. The van der Waals surface area contributed by atoms with Crippen LogP contribution in [-0.4, -0.2) is 25.0 Å². The summed E-state index contributed by atoms with van der Waals surface area (Å²) in [5, 5.41) is 12.0. The van der Waals surface area contributed by atoms with Crippen LogP contribution in [0.1, 0.15) is 16.7 Å². The van der Waals surface area contributed by atoms with Crippen molar-refractivity contribution in [2.45, 2.75) is 13.1 Å². The first-order valence-electron chi connectivity index (χ1n) is 7.38.